The Morgan fingerprint density at radius 3 is 1.88 bits per heavy atom. The summed E-state index contributed by atoms with van der Waals surface area (Å²) in [6, 6.07) is 19.9. The lowest BCUT2D eigenvalue weighted by Crippen LogP contribution is -2.34. The maximum absolute atomic E-state index is 12.8. The number of hydrogen-bond acceptors (Lipinski definition) is 2. The summed E-state index contributed by atoms with van der Waals surface area (Å²) in [6.07, 6.45) is 0.669. The fourth-order valence-corrected chi connectivity index (χ4v) is 3.34. The first kappa shape index (κ1) is 18.2. The van der Waals surface area contributed by atoms with Crippen LogP contribution in [-0.2, 0) is 22.7 Å². The molecule has 136 valence electrons. The smallest absolute Gasteiger partial charge is 0.226 e. The standard InChI is InChI=1S/C22H26N2O2/c1-3-24(16-18-12-8-5-9-13-18)22(26)20-14-19(20)21(25)23(2)15-17-10-6-4-7-11-17/h4-13,19-20H,3,14-16H2,1-2H3. The van der Waals surface area contributed by atoms with Crippen molar-refractivity contribution in [2.45, 2.75) is 26.4 Å². The van der Waals surface area contributed by atoms with Gasteiger partial charge in [0.2, 0.25) is 11.8 Å². The fourth-order valence-electron chi connectivity index (χ4n) is 3.34. The molecule has 0 saturated heterocycles. The van der Waals surface area contributed by atoms with Gasteiger partial charge < -0.3 is 9.80 Å². The number of benzene rings is 2. The van der Waals surface area contributed by atoms with E-state index in [1.807, 2.05) is 79.5 Å². The third-order valence-electron chi connectivity index (χ3n) is 4.97. The second-order valence-electron chi connectivity index (χ2n) is 6.97. The van der Waals surface area contributed by atoms with Gasteiger partial charge in [0.15, 0.2) is 0 Å². The van der Waals surface area contributed by atoms with Crippen molar-refractivity contribution in [3.8, 4) is 0 Å². The molecule has 0 spiro atoms. The van der Waals surface area contributed by atoms with E-state index >= 15 is 0 Å². The number of nitrogens with zero attached hydrogens (tertiary/aromatic N) is 2. The first-order valence-corrected chi connectivity index (χ1v) is 9.21. The van der Waals surface area contributed by atoms with E-state index in [9.17, 15) is 9.59 Å². The maximum atomic E-state index is 12.8. The lowest BCUT2D eigenvalue weighted by molar-refractivity contribution is -0.137. The first-order chi connectivity index (χ1) is 12.6. The van der Waals surface area contributed by atoms with E-state index in [4.69, 9.17) is 0 Å². The summed E-state index contributed by atoms with van der Waals surface area (Å²) < 4.78 is 0. The largest absolute Gasteiger partial charge is 0.341 e. The van der Waals surface area contributed by atoms with Crippen molar-refractivity contribution < 1.29 is 9.59 Å². The number of carbonyl (C=O) groups is 2. The molecule has 0 bridgehead atoms. The molecule has 0 N–H and O–H groups in total. The molecule has 26 heavy (non-hydrogen) atoms. The Bertz CT molecular complexity index is 745. The van der Waals surface area contributed by atoms with E-state index in [2.05, 4.69) is 0 Å². The summed E-state index contributed by atoms with van der Waals surface area (Å²) in [7, 11) is 1.82. The topological polar surface area (TPSA) is 40.6 Å². The van der Waals surface area contributed by atoms with Crippen molar-refractivity contribution in [1.82, 2.24) is 9.80 Å². The van der Waals surface area contributed by atoms with E-state index < -0.39 is 0 Å². The molecule has 4 nitrogen and oxygen atoms in total. The number of amides is 2. The molecule has 2 aromatic rings. The predicted molar refractivity (Wildman–Crippen MR) is 102 cm³/mol. The van der Waals surface area contributed by atoms with Crippen molar-refractivity contribution in [2.24, 2.45) is 11.8 Å². The third kappa shape index (κ3) is 4.31. The van der Waals surface area contributed by atoms with Crippen molar-refractivity contribution in [2.75, 3.05) is 13.6 Å². The van der Waals surface area contributed by atoms with Crippen molar-refractivity contribution >= 4 is 11.8 Å². The highest BCUT2D eigenvalue weighted by atomic mass is 16.2. The SMILES string of the molecule is CCN(Cc1ccccc1)C(=O)C1CC1C(=O)N(C)Cc1ccccc1. The van der Waals surface area contributed by atoms with Crippen LogP contribution in [0, 0.1) is 11.8 Å². The second-order valence-corrected chi connectivity index (χ2v) is 6.97. The minimum absolute atomic E-state index is 0.0722. The Morgan fingerprint density at radius 2 is 1.35 bits per heavy atom. The van der Waals surface area contributed by atoms with Gasteiger partial charge in [-0.25, -0.2) is 0 Å². The molecule has 0 heterocycles. The summed E-state index contributed by atoms with van der Waals surface area (Å²) in [5, 5.41) is 0. The van der Waals surface area contributed by atoms with E-state index in [1.54, 1.807) is 4.90 Å². The molecule has 1 saturated carbocycles. The van der Waals surface area contributed by atoms with Gasteiger partial charge >= 0.3 is 0 Å². The predicted octanol–water partition coefficient (Wildman–Crippen LogP) is 3.33. The van der Waals surface area contributed by atoms with Crippen LogP contribution in [0.4, 0.5) is 0 Å². The number of carbonyl (C=O) groups excluding carboxylic acids is 2. The first-order valence-electron chi connectivity index (χ1n) is 9.21. The zero-order valence-corrected chi connectivity index (χ0v) is 15.5. The van der Waals surface area contributed by atoms with E-state index in [0.717, 1.165) is 11.1 Å². The molecule has 0 aliphatic heterocycles. The molecule has 2 amide bonds. The van der Waals surface area contributed by atoms with E-state index in [0.29, 0.717) is 26.1 Å². The van der Waals surface area contributed by atoms with Gasteiger partial charge in [0.1, 0.15) is 0 Å². The Morgan fingerprint density at radius 1 is 0.846 bits per heavy atom. The Hall–Kier alpha value is -2.62. The molecule has 1 aliphatic rings. The summed E-state index contributed by atoms with van der Waals surface area (Å²) in [4.78, 5) is 29.0. The van der Waals surface area contributed by atoms with Crippen LogP contribution < -0.4 is 0 Å². The average Bonchev–Trinajstić information content (AvgIpc) is 3.47. The van der Waals surface area contributed by atoms with Gasteiger partial charge in [0.05, 0.1) is 11.8 Å². The Kier molecular flexibility index (Phi) is 5.71. The number of hydrogen-bond donors (Lipinski definition) is 0. The molecule has 1 fully saturated rings. The highest BCUT2D eigenvalue weighted by Gasteiger charge is 2.50. The fraction of sp³-hybridized carbons (Fsp3) is 0.364. The van der Waals surface area contributed by atoms with Gasteiger partial charge in [-0.2, -0.15) is 0 Å². The molecule has 2 aromatic carbocycles. The monoisotopic (exact) mass is 350 g/mol. The highest BCUT2D eigenvalue weighted by Crippen LogP contribution is 2.41. The summed E-state index contributed by atoms with van der Waals surface area (Å²) >= 11 is 0. The normalized spacial score (nSPS) is 18.2. The lowest BCUT2D eigenvalue weighted by Gasteiger charge is -2.22. The second kappa shape index (κ2) is 8.17. The minimum atomic E-state index is -0.166. The van der Waals surface area contributed by atoms with Gasteiger partial charge in [-0.1, -0.05) is 60.7 Å². The summed E-state index contributed by atoms with van der Waals surface area (Å²) in [6.45, 7) is 3.83. The zero-order valence-electron chi connectivity index (χ0n) is 15.5. The van der Waals surface area contributed by atoms with E-state index in [1.165, 1.54) is 0 Å². The van der Waals surface area contributed by atoms with Crippen molar-refractivity contribution in [1.29, 1.82) is 0 Å². The third-order valence-corrected chi connectivity index (χ3v) is 4.97. The molecule has 4 heteroatoms. The van der Waals surface area contributed by atoms with Crippen LogP contribution in [0.25, 0.3) is 0 Å². The van der Waals surface area contributed by atoms with Crippen LogP contribution in [0.1, 0.15) is 24.5 Å². The molecule has 0 radical (unpaired) electrons. The Labute approximate surface area is 155 Å². The molecule has 3 rings (SSSR count). The zero-order chi connectivity index (χ0) is 18.5. The van der Waals surface area contributed by atoms with Gasteiger partial charge in [-0.15, -0.1) is 0 Å². The molecule has 2 unspecified atom stereocenters. The van der Waals surface area contributed by atoms with Gasteiger partial charge in [-0.05, 0) is 24.5 Å². The number of rotatable bonds is 7. The van der Waals surface area contributed by atoms with Crippen molar-refractivity contribution in [3.63, 3.8) is 0 Å². The van der Waals surface area contributed by atoms with Gasteiger partial charge in [0, 0.05) is 26.7 Å². The maximum Gasteiger partial charge on any atom is 0.226 e. The van der Waals surface area contributed by atoms with Gasteiger partial charge in [0.25, 0.3) is 0 Å². The van der Waals surface area contributed by atoms with Crippen molar-refractivity contribution in [3.05, 3.63) is 71.8 Å². The van der Waals surface area contributed by atoms with Crippen LogP contribution >= 0.6 is 0 Å². The highest BCUT2D eigenvalue weighted by molar-refractivity contribution is 5.92. The molecule has 0 aromatic heterocycles. The summed E-state index contributed by atoms with van der Waals surface area (Å²) in [5.41, 5.74) is 2.22. The van der Waals surface area contributed by atoms with Crippen LogP contribution in [0.2, 0.25) is 0 Å². The lowest BCUT2D eigenvalue weighted by atomic mass is 10.2. The minimum Gasteiger partial charge on any atom is -0.341 e. The molecular formula is C22H26N2O2. The van der Waals surface area contributed by atoms with Crippen LogP contribution in [0.15, 0.2) is 60.7 Å². The quantitative estimate of drug-likeness (QED) is 0.768. The average molecular weight is 350 g/mol. The van der Waals surface area contributed by atoms with E-state index in [-0.39, 0.29) is 23.7 Å². The molecule has 1 aliphatic carbocycles. The summed E-state index contributed by atoms with van der Waals surface area (Å²) in [5.74, 6) is -0.156. The van der Waals surface area contributed by atoms with Crippen LogP contribution in [-0.4, -0.2) is 35.2 Å². The van der Waals surface area contributed by atoms with Crippen LogP contribution in [0.3, 0.4) is 0 Å². The van der Waals surface area contributed by atoms with Gasteiger partial charge in [-0.3, -0.25) is 9.59 Å². The molecule has 2 atom stereocenters. The van der Waals surface area contributed by atoms with Crippen LogP contribution in [0.5, 0.6) is 0 Å². The Balaban J connectivity index is 1.56. The molecular weight excluding hydrogens is 324 g/mol.